The van der Waals surface area contributed by atoms with Crippen molar-refractivity contribution < 1.29 is 14.3 Å². The number of carbonyl (C=O) groups is 1. The van der Waals surface area contributed by atoms with E-state index in [4.69, 9.17) is 32.7 Å². The van der Waals surface area contributed by atoms with Crippen LogP contribution in [-0.4, -0.2) is 29.5 Å². The van der Waals surface area contributed by atoms with Crippen LogP contribution in [0, 0.1) is 0 Å². The van der Waals surface area contributed by atoms with E-state index in [1.54, 1.807) is 6.21 Å². The third-order valence-electron chi connectivity index (χ3n) is 4.96. The first-order valence-electron chi connectivity index (χ1n) is 11.3. The van der Waals surface area contributed by atoms with Crippen molar-refractivity contribution in [2.75, 3.05) is 12.4 Å². The summed E-state index contributed by atoms with van der Waals surface area (Å²) in [5.74, 6) is 1.15. The largest absolute Gasteiger partial charge is 0.490 e. The molecule has 0 bridgehead atoms. The zero-order valence-corrected chi connectivity index (χ0v) is 23.0. The van der Waals surface area contributed by atoms with Gasteiger partial charge in [0.2, 0.25) is 0 Å². The molecule has 0 aliphatic heterocycles. The number of hydrogen-bond donors (Lipinski definition) is 1. The third-order valence-corrected chi connectivity index (χ3v) is 7.60. The van der Waals surface area contributed by atoms with Gasteiger partial charge in [0.1, 0.15) is 6.61 Å². The van der Waals surface area contributed by atoms with Crippen LogP contribution in [0.25, 0.3) is 11.3 Å². The van der Waals surface area contributed by atoms with Gasteiger partial charge in [0.25, 0.3) is 5.91 Å². The number of hydrogen-bond acceptors (Lipinski definition) is 7. The first kappa shape index (κ1) is 27.0. The van der Waals surface area contributed by atoms with Gasteiger partial charge in [0, 0.05) is 26.6 Å². The fourth-order valence-corrected chi connectivity index (χ4v) is 5.12. The number of halogens is 2. The highest BCUT2D eigenvalue weighted by molar-refractivity contribution is 8.01. The molecule has 1 N–H and O–H groups in total. The predicted octanol–water partition coefficient (Wildman–Crippen LogP) is 7.34. The van der Waals surface area contributed by atoms with E-state index in [0.29, 0.717) is 34.8 Å². The molecule has 37 heavy (non-hydrogen) atoms. The van der Waals surface area contributed by atoms with Gasteiger partial charge in [-0.05, 0) is 48.9 Å². The zero-order valence-electron chi connectivity index (χ0n) is 19.8. The molecule has 190 valence electrons. The lowest BCUT2D eigenvalue weighted by atomic mass is 10.2. The molecule has 0 saturated heterocycles. The number of aromatic nitrogens is 1. The molecule has 10 heteroatoms. The molecule has 0 saturated carbocycles. The van der Waals surface area contributed by atoms with Gasteiger partial charge in [-0.15, -0.1) is 11.3 Å². The van der Waals surface area contributed by atoms with Crippen molar-refractivity contribution in [3.05, 3.63) is 93.3 Å². The van der Waals surface area contributed by atoms with Gasteiger partial charge >= 0.3 is 0 Å². The molecule has 4 rings (SSSR count). The van der Waals surface area contributed by atoms with Crippen molar-refractivity contribution in [1.82, 2.24) is 10.4 Å². The molecule has 0 fully saturated rings. The number of thioether (sulfide) groups is 1. The molecule has 0 aliphatic carbocycles. The van der Waals surface area contributed by atoms with Crippen molar-refractivity contribution in [2.45, 2.75) is 17.9 Å². The first-order chi connectivity index (χ1) is 18.0. The van der Waals surface area contributed by atoms with E-state index >= 15 is 0 Å². The molecule has 3 aromatic carbocycles. The number of nitrogens with zero attached hydrogens (tertiary/aromatic N) is 2. The fraction of sp³-hybridized carbons (Fsp3) is 0.148. The average Bonchev–Trinajstić information content (AvgIpc) is 3.38. The molecular weight excluding hydrogens is 549 g/mol. The van der Waals surface area contributed by atoms with E-state index < -0.39 is 0 Å². The van der Waals surface area contributed by atoms with Crippen LogP contribution < -0.4 is 14.9 Å². The van der Waals surface area contributed by atoms with Crippen LogP contribution >= 0.6 is 46.3 Å². The van der Waals surface area contributed by atoms with Gasteiger partial charge in [-0.1, -0.05) is 65.3 Å². The Labute approximate surface area is 233 Å². The second kappa shape index (κ2) is 13.5. The van der Waals surface area contributed by atoms with Crippen LogP contribution in [0.2, 0.25) is 10.0 Å². The predicted molar refractivity (Wildman–Crippen MR) is 152 cm³/mol. The maximum absolute atomic E-state index is 12.3. The van der Waals surface area contributed by atoms with E-state index in [1.165, 1.54) is 23.1 Å². The van der Waals surface area contributed by atoms with Crippen LogP contribution in [0.5, 0.6) is 11.5 Å². The Morgan fingerprint density at radius 2 is 1.89 bits per heavy atom. The summed E-state index contributed by atoms with van der Waals surface area (Å²) in [6.07, 6.45) is 1.56. The van der Waals surface area contributed by atoms with E-state index in [-0.39, 0.29) is 11.7 Å². The summed E-state index contributed by atoms with van der Waals surface area (Å²) < 4.78 is 12.5. The Morgan fingerprint density at radius 1 is 1.08 bits per heavy atom. The van der Waals surface area contributed by atoms with Gasteiger partial charge in [0.05, 0.1) is 24.3 Å². The number of nitrogens with one attached hydrogen (secondary N) is 1. The van der Waals surface area contributed by atoms with E-state index in [9.17, 15) is 4.79 Å². The molecule has 1 aromatic heterocycles. The van der Waals surface area contributed by atoms with Gasteiger partial charge < -0.3 is 9.47 Å². The number of hydrazone groups is 1. The second-order valence-electron chi connectivity index (χ2n) is 7.61. The summed E-state index contributed by atoms with van der Waals surface area (Å²) >= 11 is 15.0. The van der Waals surface area contributed by atoms with Crippen LogP contribution in [0.3, 0.4) is 0 Å². The van der Waals surface area contributed by atoms with Crippen molar-refractivity contribution in [2.24, 2.45) is 5.10 Å². The topological polar surface area (TPSA) is 72.8 Å². The Hall–Kier alpha value is -3.04. The molecule has 1 amide bonds. The van der Waals surface area contributed by atoms with Gasteiger partial charge in [0.15, 0.2) is 15.8 Å². The van der Waals surface area contributed by atoms with E-state index in [1.807, 2.05) is 79.0 Å². The molecule has 0 unspecified atom stereocenters. The van der Waals surface area contributed by atoms with Crippen molar-refractivity contribution >= 4 is 58.4 Å². The van der Waals surface area contributed by atoms with Crippen molar-refractivity contribution in [3.8, 4) is 22.8 Å². The zero-order chi connectivity index (χ0) is 26.0. The molecule has 0 radical (unpaired) electrons. The number of ether oxygens (including phenoxy) is 2. The summed E-state index contributed by atoms with van der Waals surface area (Å²) in [5, 5.41) is 7.35. The van der Waals surface area contributed by atoms with Gasteiger partial charge in [-0.2, -0.15) is 5.10 Å². The highest BCUT2D eigenvalue weighted by Crippen LogP contribution is 2.30. The maximum atomic E-state index is 12.3. The maximum Gasteiger partial charge on any atom is 0.250 e. The lowest BCUT2D eigenvalue weighted by molar-refractivity contribution is -0.118. The highest BCUT2D eigenvalue weighted by atomic mass is 35.5. The summed E-state index contributed by atoms with van der Waals surface area (Å²) in [7, 11) is 0. The lowest BCUT2D eigenvalue weighted by Crippen LogP contribution is -2.19. The van der Waals surface area contributed by atoms with Crippen molar-refractivity contribution in [1.29, 1.82) is 0 Å². The SMILES string of the molecule is CCOc1cc(/C=N/NC(=O)CSc2nc(-c3ccc(Cl)cc3)cs2)ccc1OCc1ccccc1Cl. The number of amides is 1. The Bertz CT molecular complexity index is 1380. The Kier molecular flexibility index (Phi) is 9.85. The van der Waals surface area contributed by atoms with Gasteiger partial charge in [-0.3, -0.25) is 4.79 Å². The molecule has 4 aromatic rings. The Morgan fingerprint density at radius 3 is 2.68 bits per heavy atom. The van der Waals surface area contributed by atoms with Crippen LogP contribution in [0.1, 0.15) is 18.1 Å². The summed E-state index contributed by atoms with van der Waals surface area (Å²) in [5.41, 5.74) is 6.03. The number of benzene rings is 3. The summed E-state index contributed by atoms with van der Waals surface area (Å²) in [6.45, 7) is 2.70. The molecule has 0 spiro atoms. The average molecular weight is 573 g/mol. The number of thiazole rings is 1. The number of rotatable bonds is 11. The molecule has 0 aliphatic rings. The molecular formula is C27H23Cl2N3O3S2. The van der Waals surface area contributed by atoms with E-state index in [2.05, 4.69) is 15.5 Å². The minimum absolute atomic E-state index is 0.198. The van der Waals surface area contributed by atoms with Crippen LogP contribution in [0.15, 0.2) is 81.6 Å². The number of carbonyl (C=O) groups excluding carboxylic acids is 1. The second-order valence-corrected chi connectivity index (χ2v) is 10.5. The normalized spacial score (nSPS) is 11.0. The smallest absolute Gasteiger partial charge is 0.250 e. The Balaban J connectivity index is 1.29. The molecule has 6 nitrogen and oxygen atoms in total. The monoisotopic (exact) mass is 571 g/mol. The van der Waals surface area contributed by atoms with Gasteiger partial charge in [-0.25, -0.2) is 10.4 Å². The summed E-state index contributed by atoms with van der Waals surface area (Å²) in [4.78, 5) is 16.8. The standard InChI is InChI=1S/C27H23Cl2N3O3S2/c1-2-34-25-13-18(7-12-24(25)35-15-20-5-3-4-6-22(20)29)14-30-32-26(33)17-37-27-31-23(16-36-27)19-8-10-21(28)11-9-19/h3-14,16H,2,15,17H2,1H3,(H,32,33)/b30-14+. The summed E-state index contributed by atoms with van der Waals surface area (Å²) in [6, 6.07) is 20.5. The lowest BCUT2D eigenvalue weighted by Gasteiger charge is -2.13. The first-order valence-corrected chi connectivity index (χ1v) is 13.9. The minimum atomic E-state index is -0.228. The molecule has 1 heterocycles. The van der Waals surface area contributed by atoms with E-state index in [0.717, 1.165) is 26.7 Å². The van der Waals surface area contributed by atoms with Crippen molar-refractivity contribution in [3.63, 3.8) is 0 Å². The molecule has 0 atom stereocenters. The van der Waals surface area contributed by atoms with Crippen LogP contribution in [-0.2, 0) is 11.4 Å². The highest BCUT2D eigenvalue weighted by Gasteiger charge is 2.10. The fourth-order valence-electron chi connectivity index (χ4n) is 3.18. The van der Waals surface area contributed by atoms with Crippen LogP contribution in [0.4, 0.5) is 0 Å². The minimum Gasteiger partial charge on any atom is -0.490 e. The quantitative estimate of drug-likeness (QED) is 0.116. The third kappa shape index (κ3) is 7.97.